The average Bonchev–Trinajstić information content (AvgIpc) is 2.82. The van der Waals surface area contributed by atoms with Crippen LogP contribution >= 0.6 is 11.6 Å². The number of nitrogens with zero attached hydrogens (tertiary/aromatic N) is 2. The van der Waals surface area contributed by atoms with Crippen LogP contribution in [0.3, 0.4) is 0 Å². The molecule has 1 unspecified atom stereocenters. The van der Waals surface area contributed by atoms with Gasteiger partial charge in [0.1, 0.15) is 6.04 Å². The highest BCUT2D eigenvalue weighted by molar-refractivity contribution is 6.30. The van der Waals surface area contributed by atoms with Crippen molar-refractivity contribution in [2.24, 2.45) is 5.73 Å². The normalized spacial score (nSPS) is 12.2. The fourth-order valence-corrected chi connectivity index (χ4v) is 1.91. The maximum absolute atomic E-state index is 12.2. The van der Waals surface area contributed by atoms with E-state index in [4.69, 9.17) is 17.3 Å². The molecule has 1 aromatic carbocycles. The second-order valence-electron chi connectivity index (χ2n) is 4.27. The van der Waals surface area contributed by atoms with Crippen LogP contribution < -0.4 is 11.5 Å². The topological polar surface area (TPSA) is 105 Å². The third-order valence-corrected chi connectivity index (χ3v) is 2.96. The van der Waals surface area contributed by atoms with Gasteiger partial charge in [-0.2, -0.15) is 0 Å². The second kappa shape index (κ2) is 5.89. The molecule has 0 spiro atoms. The molecule has 0 saturated heterocycles. The Bertz CT molecular complexity index is 666. The van der Waals surface area contributed by atoms with Gasteiger partial charge in [0, 0.05) is 12.1 Å². The first-order valence-corrected chi connectivity index (χ1v) is 6.16. The van der Waals surface area contributed by atoms with Gasteiger partial charge in [0.25, 0.3) is 0 Å². The van der Waals surface area contributed by atoms with E-state index in [1.165, 1.54) is 4.90 Å². The van der Waals surface area contributed by atoms with Crippen LogP contribution in [0.5, 0.6) is 0 Å². The number of hydrogen-bond acceptors (Lipinski definition) is 5. The zero-order valence-electron chi connectivity index (χ0n) is 10.7. The van der Waals surface area contributed by atoms with Crippen molar-refractivity contribution < 1.29 is 9.32 Å². The molecule has 1 amide bonds. The van der Waals surface area contributed by atoms with Crippen molar-refractivity contribution in [3.05, 3.63) is 51.2 Å². The molecule has 8 heteroatoms. The summed E-state index contributed by atoms with van der Waals surface area (Å²) >= 11 is 5.86. The number of H-pyrrole nitrogens is 1. The van der Waals surface area contributed by atoms with Gasteiger partial charge in [0.05, 0.1) is 6.54 Å². The molecule has 1 aromatic heterocycles. The molecule has 106 valence electrons. The molecule has 0 aliphatic heterocycles. The highest BCUT2D eigenvalue weighted by Gasteiger charge is 2.21. The van der Waals surface area contributed by atoms with Crippen LogP contribution in [-0.2, 0) is 11.3 Å². The van der Waals surface area contributed by atoms with E-state index in [0.717, 1.165) is 0 Å². The lowest BCUT2D eigenvalue weighted by atomic mass is 10.1. The van der Waals surface area contributed by atoms with Gasteiger partial charge < -0.3 is 10.6 Å². The predicted octanol–water partition coefficient (Wildman–Crippen LogP) is 0.675. The fraction of sp³-hybridized carbons (Fsp3) is 0.250. The van der Waals surface area contributed by atoms with Gasteiger partial charge in [0.15, 0.2) is 5.82 Å². The van der Waals surface area contributed by atoms with E-state index in [1.54, 1.807) is 31.3 Å². The summed E-state index contributed by atoms with van der Waals surface area (Å²) in [5.41, 5.74) is 6.52. The Morgan fingerprint density at radius 3 is 2.95 bits per heavy atom. The Morgan fingerprint density at radius 2 is 2.35 bits per heavy atom. The van der Waals surface area contributed by atoms with E-state index in [9.17, 15) is 9.59 Å². The van der Waals surface area contributed by atoms with E-state index in [1.807, 2.05) is 0 Å². The summed E-state index contributed by atoms with van der Waals surface area (Å²) in [6.45, 7) is 0.0961. The summed E-state index contributed by atoms with van der Waals surface area (Å²) in [5, 5.41) is 3.99. The van der Waals surface area contributed by atoms with E-state index < -0.39 is 11.8 Å². The first-order chi connectivity index (χ1) is 9.47. The lowest BCUT2D eigenvalue weighted by Crippen LogP contribution is -2.35. The number of aromatic amines is 1. The summed E-state index contributed by atoms with van der Waals surface area (Å²) in [4.78, 5) is 26.7. The number of carbonyl (C=O) groups excluding carboxylic acids is 1. The van der Waals surface area contributed by atoms with Crippen LogP contribution in [0.4, 0.5) is 0 Å². The number of halogens is 1. The van der Waals surface area contributed by atoms with Gasteiger partial charge in [-0.3, -0.25) is 14.3 Å². The SMILES string of the molecule is CN(Cc1noc(=O)[nH]1)C(=O)C(N)c1cccc(Cl)c1. The number of aromatic nitrogens is 2. The molecule has 0 saturated carbocycles. The minimum Gasteiger partial charge on any atom is -0.337 e. The van der Waals surface area contributed by atoms with Gasteiger partial charge in [-0.1, -0.05) is 28.9 Å². The highest BCUT2D eigenvalue weighted by atomic mass is 35.5. The van der Waals surface area contributed by atoms with E-state index in [2.05, 4.69) is 14.7 Å². The molecule has 3 N–H and O–H groups in total. The third-order valence-electron chi connectivity index (χ3n) is 2.72. The van der Waals surface area contributed by atoms with Crippen LogP contribution in [0.1, 0.15) is 17.4 Å². The van der Waals surface area contributed by atoms with Crippen molar-refractivity contribution in [1.82, 2.24) is 15.0 Å². The quantitative estimate of drug-likeness (QED) is 0.863. The molecule has 1 heterocycles. The number of nitrogens with one attached hydrogen (secondary N) is 1. The summed E-state index contributed by atoms with van der Waals surface area (Å²) in [6, 6.07) is 5.94. The second-order valence-corrected chi connectivity index (χ2v) is 4.71. The molecular formula is C12H13ClN4O3. The van der Waals surface area contributed by atoms with E-state index >= 15 is 0 Å². The van der Waals surface area contributed by atoms with Crippen molar-refractivity contribution in [1.29, 1.82) is 0 Å². The van der Waals surface area contributed by atoms with Crippen molar-refractivity contribution in [2.45, 2.75) is 12.6 Å². The number of likely N-dealkylation sites (N-methyl/N-ethyl adjacent to an activating group) is 1. The maximum Gasteiger partial charge on any atom is 0.438 e. The van der Waals surface area contributed by atoms with Crippen molar-refractivity contribution >= 4 is 17.5 Å². The van der Waals surface area contributed by atoms with Crippen LogP contribution in [-0.4, -0.2) is 28.0 Å². The zero-order valence-corrected chi connectivity index (χ0v) is 11.4. The number of amides is 1. The highest BCUT2D eigenvalue weighted by Crippen LogP contribution is 2.17. The average molecular weight is 297 g/mol. The third kappa shape index (κ3) is 3.25. The Kier molecular flexibility index (Phi) is 4.21. The van der Waals surface area contributed by atoms with Crippen molar-refractivity contribution in [3.63, 3.8) is 0 Å². The molecule has 2 rings (SSSR count). The minimum atomic E-state index is -0.836. The van der Waals surface area contributed by atoms with Crippen molar-refractivity contribution in [2.75, 3.05) is 7.05 Å². The number of rotatable bonds is 4. The number of carbonyl (C=O) groups is 1. The van der Waals surface area contributed by atoms with E-state index in [0.29, 0.717) is 10.6 Å². The maximum atomic E-state index is 12.2. The molecule has 20 heavy (non-hydrogen) atoms. The Labute approximate surface area is 119 Å². The van der Waals surface area contributed by atoms with Gasteiger partial charge in [0.2, 0.25) is 5.91 Å². The fourth-order valence-electron chi connectivity index (χ4n) is 1.71. The summed E-state index contributed by atoms with van der Waals surface area (Å²) in [7, 11) is 1.56. The van der Waals surface area contributed by atoms with Crippen LogP contribution in [0, 0.1) is 0 Å². The number of hydrogen-bond donors (Lipinski definition) is 2. The van der Waals surface area contributed by atoms with Crippen LogP contribution in [0.15, 0.2) is 33.6 Å². The minimum absolute atomic E-state index is 0.0961. The first kappa shape index (κ1) is 14.3. The van der Waals surface area contributed by atoms with Gasteiger partial charge >= 0.3 is 5.76 Å². The lowest BCUT2D eigenvalue weighted by Gasteiger charge is -2.20. The van der Waals surface area contributed by atoms with Gasteiger partial charge in [-0.25, -0.2) is 4.79 Å². The molecular weight excluding hydrogens is 284 g/mol. The largest absolute Gasteiger partial charge is 0.438 e. The zero-order chi connectivity index (χ0) is 14.7. The summed E-state index contributed by atoms with van der Waals surface area (Å²) < 4.78 is 4.36. The predicted molar refractivity (Wildman–Crippen MR) is 72.0 cm³/mol. The summed E-state index contributed by atoms with van der Waals surface area (Å²) in [5.74, 6) is -0.736. The molecule has 0 aliphatic rings. The molecule has 2 aromatic rings. The molecule has 0 bridgehead atoms. The molecule has 0 aliphatic carbocycles. The van der Waals surface area contributed by atoms with E-state index in [-0.39, 0.29) is 18.3 Å². The molecule has 1 atom stereocenters. The molecule has 0 fully saturated rings. The van der Waals surface area contributed by atoms with Crippen LogP contribution in [0.25, 0.3) is 0 Å². The monoisotopic (exact) mass is 296 g/mol. The number of nitrogens with two attached hydrogens (primary N) is 1. The Hall–Kier alpha value is -2.12. The molecule has 7 nitrogen and oxygen atoms in total. The van der Waals surface area contributed by atoms with Gasteiger partial charge in [-0.15, -0.1) is 0 Å². The number of benzene rings is 1. The first-order valence-electron chi connectivity index (χ1n) is 5.78. The molecule has 0 radical (unpaired) electrons. The Morgan fingerprint density at radius 1 is 1.60 bits per heavy atom. The summed E-state index contributed by atoms with van der Waals surface area (Å²) in [6.07, 6.45) is 0. The van der Waals surface area contributed by atoms with Gasteiger partial charge in [-0.05, 0) is 17.7 Å². The smallest absolute Gasteiger partial charge is 0.337 e. The lowest BCUT2D eigenvalue weighted by molar-refractivity contribution is -0.132. The van der Waals surface area contributed by atoms with Crippen LogP contribution in [0.2, 0.25) is 5.02 Å². The standard InChI is InChI=1S/C12H13ClN4O3/c1-17(6-9-15-12(19)20-16-9)11(18)10(14)7-3-2-4-8(13)5-7/h2-5,10H,6,14H2,1H3,(H,15,16,19). The Balaban J connectivity index is 2.08. The van der Waals surface area contributed by atoms with Crippen molar-refractivity contribution in [3.8, 4) is 0 Å².